The van der Waals surface area contributed by atoms with Crippen LogP contribution < -0.4 is 5.73 Å². The predicted octanol–water partition coefficient (Wildman–Crippen LogP) is 1.39. The zero-order valence-electron chi connectivity index (χ0n) is 8.53. The Balaban J connectivity index is 2.23. The first-order chi connectivity index (χ1) is 7.75. The monoisotopic (exact) mass is 217 g/mol. The number of phenolic OH excluding ortho intramolecular Hbond substituents is 1. The number of aromatic hydroxyl groups is 1. The van der Waals surface area contributed by atoms with Crippen LogP contribution in [0.25, 0.3) is 11.3 Å². The molecule has 0 fully saturated rings. The van der Waals surface area contributed by atoms with Gasteiger partial charge in [0.25, 0.3) is 0 Å². The topological polar surface area (TPSA) is 84.2 Å². The van der Waals surface area contributed by atoms with Crippen LogP contribution in [0.1, 0.15) is 11.1 Å². The number of anilines is 1. The molecule has 1 aromatic heterocycles. The highest BCUT2D eigenvalue weighted by Crippen LogP contribution is 2.37. The number of benzene rings is 1. The highest BCUT2D eigenvalue weighted by molar-refractivity contribution is 5.73. The summed E-state index contributed by atoms with van der Waals surface area (Å²) >= 11 is 0. The van der Waals surface area contributed by atoms with E-state index in [1.54, 1.807) is 12.1 Å². The van der Waals surface area contributed by atoms with Crippen LogP contribution in [0, 0.1) is 0 Å². The number of fused-ring (bicyclic) bond motifs is 1. The molecule has 3 rings (SSSR count). The van der Waals surface area contributed by atoms with Gasteiger partial charge in [0.05, 0.1) is 18.9 Å². The summed E-state index contributed by atoms with van der Waals surface area (Å²) in [4.78, 5) is 0. The molecule has 0 atom stereocenters. The van der Waals surface area contributed by atoms with Gasteiger partial charge in [-0.2, -0.15) is 5.10 Å². The van der Waals surface area contributed by atoms with Crippen molar-refractivity contribution in [1.82, 2.24) is 10.2 Å². The number of rotatable bonds is 1. The number of nitrogen functional groups attached to an aromatic ring is 1. The number of phenols is 1. The maximum atomic E-state index is 9.89. The number of aromatic nitrogens is 2. The standard InChI is InChI=1S/C11H11N3O2/c12-10-3-8(13-14-10)11-7-5-16-4-6(7)1-2-9(11)15/h1-3,15H,4-5H2,(H3,12,13,14). The number of aromatic amines is 1. The Hall–Kier alpha value is -2.01. The Morgan fingerprint density at radius 2 is 2.25 bits per heavy atom. The fourth-order valence-electron chi connectivity index (χ4n) is 2.01. The molecular weight excluding hydrogens is 206 g/mol. The number of nitrogens with two attached hydrogens (primary N) is 1. The van der Waals surface area contributed by atoms with Crippen LogP contribution in [0.4, 0.5) is 5.82 Å². The third-order valence-electron chi connectivity index (χ3n) is 2.76. The van der Waals surface area contributed by atoms with Gasteiger partial charge < -0.3 is 15.6 Å². The fraction of sp³-hybridized carbons (Fsp3) is 0.182. The second kappa shape index (κ2) is 3.24. The van der Waals surface area contributed by atoms with Gasteiger partial charge in [0.15, 0.2) is 0 Å². The molecule has 5 nitrogen and oxygen atoms in total. The van der Waals surface area contributed by atoms with Crippen molar-refractivity contribution < 1.29 is 9.84 Å². The minimum Gasteiger partial charge on any atom is -0.507 e. The van der Waals surface area contributed by atoms with E-state index >= 15 is 0 Å². The minimum atomic E-state index is 0.216. The van der Waals surface area contributed by atoms with Crippen LogP contribution in [-0.2, 0) is 18.0 Å². The van der Waals surface area contributed by atoms with Gasteiger partial charge in [-0.15, -0.1) is 0 Å². The first-order valence-corrected chi connectivity index (χ1v) is 4.98. The van der Waals surface area contributed by atoms with Gasteiger partial charge in [-0.1, -0.05) is 6.07 Å². The van der Waals surface area contributed by atoms with Crippen molar-refractivity contribution >= 4 is 5.82 Å². The maximum absolute atomic E-state index is 9.89. The van der Waals surface area contributed by atoms with Crippen molar-refractivity contribution in [3.05, 3.63) is 29.3 Å². The molecule has 16 heavy (non-hydrogen) atoms. The van der Waals surface area contributed by atoms with Gasteiger partial charge in [0.1, 0.15) is 11.6 Å². The molecule has 5 heteroatoms. The van der Waals surface area contributed by atoms with E-state index < -0.39 is 0 Å². The molecule has 0 bridgehead atoms. The third kappa shape index (κ3) is 1.25. The Bertz CT molecular complexity index is 548. The second-order valence-electron chi connectivity index (χ2n) is 3.80. The SMILES string of the molecule is Nc1cc(-c2c(O)ccc3c2COC3)[nH]n1. The van der Waals surface area contributed by atoms with Crippen LogP contribution in [0.5, 0.6) is 5.75 Å². The average Bonchev–Trinajstić information content (AvgIpc) is 2.86. The van der Waals surface area contributed by atoms with Crippen LogP contribution in [0.3, 0.4) is 0 Å². The third-order valence-corrected chi connectivity index (χ3v) is 2.76. The molecule has 1 aliphatic rings. The number of H-pyrrole nitrogens is 1. The van der Waals surface area contributed by atoms with Crippen LogP contribution in [0.15, 0.2) is 18.2 Å². The Kier molecular flexibility index (Phi) is 1.87. The summed E-state index contributed by atoms with van der Waals surface area (Å²) in [5.74, 6) is 0.624. The number of ether oxygens (including phenoxy) is 1. The number of nitrogens with zero attached hydrogens (tertiary/aromatic N) is 1. The summed E-state index contributed by atoms with van der Waals surface area (Å²) in [7, 11) is 0. The van der Waals surface area contributed by atoms with E-state index in [0.29, 0.717) is 19.0 Å². The molecule has 0 saturated carbocycles. The summed E-state index contributed by atoms with van der Waals surface area (Å²) in [6.07, 6.45) is 0. The number of nitrogens with one attached hydrogen (secondary N) is 1. The lowest BCUT2D eigenvalue weighted by Crippen LogP contribution is -1.90. The van der Waals surface area contributed by atoms with E-state index in [2.05, 4.69) is 10.2 Å². The van der Waals surface area contributed by atoms with E-state index in [1.165, 1.54) is 0 Å². The van der Waals surface area contributed by atoms with Crippen molar-refractivity contribution in [1.29, 1.82) is 0 Å². The van der Waals surface area contributed by atoms with E-state index in [0.717, 1.165) is 22.4 Å². The molecule has 0 saturated heterocycles. The van der Waals surface area contributed by atoms with Crippen molar-refractivity contribution in [3.63, 3.8) is 0 Å². The Morgan fingerprint density at radius 3 is 3.00 bits per heavy atom. The summed E-state index contributed by atoms with van der Waals surface area (Å²) in [5, 5.41) is 16.6. The molecule has 82 valence electrons. The predicted molar refractivity (Wildman–Crippen MR) is 58.6 cm³/mol. The minimum absolute atomic E-state index is 0.216. The number of hydrogen-bond acceptors (Lipinski definition) is 4. The van der Waals surface area contributed by atoms with Gasteiger partial charge in [-0.3, -0.25) is 5.10 Å². The molecule has 0 unspecified atom stereocenters. The zero-order chi connectivity index (χ0) is 11.1. The first-order valence-electron chi connectivity index (χ1n) is 4.98. The van der Waals surface area contributed by atoms with E-state index in [4.69, 9.17) is 10.5 Å². The smallest absolute Gasteiger partial charge is 0.145 e. The van der Waals surface area contributed by atoms with Crippen LogP contribution in [-0.4, -0.2) is 15.3 Å². The van der Waals surface area contributed by atoms with Crippen LogP contribution >= 0.6 is 0 Å². The van der Waals surface area contributed by atoms with Crippen molar-refractivity contribution in [2.24, 2.45) is 0 Å². The Morgan fingerprint density at radius 1 is 1.38 bits per heavy atom. The van der Waals surface area contributed by atoms with E-state index in [-0.39, 0.29) is 5.75 Å². The van der Waals surface area contributed by atoms with Gasteiger partial charge in [-0.25, -0.2) is 0 Å². The summed E-state index contributed by atoms with van der Waals surface area (Å²) in [5.41, 5.74) is 9.11. The first kappa shape index (κ1) is 9.23. The molecule has 0 amide bonds. The lowest BCUT2D eigenvalue weighted by atomic mass is 10.00. The molecule has 2 aromatic rings. The molecule has 2 heterocycles. The lowest BCUT2D eigenvalue weighted by Gasteiger charge is -2.07. The van der Waals surface area contributed by atoms with Crippen molar-refractivity contribution in [3.8, 4) is 17.0 Å². The summed E-state index contributed by atoms with van der Waals surface area (Å²) in [6.45, 7) is 1.10. The molecule has 0 radical (unpaired) electrons. The lowest BCUT2D eigenvalue weighted by molar-refractivity contribution is 0.134. The highest BCUT2D eigenvalue weighted by Gasteiger charge is 2.20. The highest BCUT2D eigenvalue weighted by atomic mass is 16.5. The molecule has 1 aliphatic heterocycles. The number of hydrogen-bond donors (Lipinski definition) is 3. The van der Waals surface area contributed by atoms with Crippen LogP contribution in [0.2, 0.25) is 0 Å². The van der Waals surface area contributed by atoms with Gasteiger partial charge in [0.2, 0.25) is 0 Å². The molecule has 0 aliphatic carbocycles. The maximum Gasteiger partial charge on any atom is 0.145 e. The zero-order valence-corrected chi connectivity index (χ0v) is 8.53. The average molecular weight is 217 g/mol. The molecule has 1 aromatic carbocycles. The van der Waals surface area contributed by atoms with Gasteiger partial charge in [-0.05, 0) is 17.2 Å². The van der Waals surface area contributed by atoms with Gasteiger partial charge >= 0.3 is 0 Å². The molecule has 4 N–H and O–H groups in total. The molecule has 0 spiro atoms. The van der Waals surface area contributed by atoms with E-state index in [9.17, 15) is 5.11 Å². The van der Waals surface area contributed by atoms with Crippen molar-refractivity contribution in [2.45, 2.75) is 13.2 Å². The van der Waals surface area contributed by atoms with Gasteiger partial charge in [0, 0.05) is 11.6 Å². The summed E-state index contributed by atoms with van der Waals surface area (Å²) < 4.78 is 5.36. The molecular formula is C11H11N3O2. The normalized spacial score (nSPS) is 14.0. The quantitative estimate of drug-likeness (QED) is 0.674. The Labute approximate surface area is 91.9 Å². The fourth-order valence-corrected chi connectivity index (χ4v) is 2.01. The summed E-state index contributed by atoms with van der Waals surface area (Å²) in [6, 6.07) is 5.24. The second-order valence-corrected chi connectivity index (χ2v) is 3.80. The van der Waals surface area contributed by atoms with E-state index in [1.807, 2.05) is 6.07 Å². The van der Waals surface area contributed by atoms with Crippen molar-refractivity contribution in [2.75, 3.05) is 5.73 Å². The largest absolute Gasteiger partial charge is 0.507 e.